The largest absolute Gasteiger partial charge is 0.355 e. The molecule has 0 saturated carbocycles. The van der Waals surface area contributed by atoms with Crippen LogP contribution in [0.4, 0.5) is 15.8 Å². The summed E-state index contributed by atoms with van der Waals surface area (Å²) in [5.41, 5.74) is 5.58. The SMILES string of the molecule is CC(C)(C)c1ccc2c(c1)Nc1ccc(F)cc1C2(C)C. The monoisotopic (exact) mass is 283 g/mol. The molecular formula is C19H22FN. The molecule has 2 aromatic rings. The van der Waals surface area contributed by atoms with Crippen LogP contribution in [0, 0.1) is 5.82 Å². The molecule has 0 aromatic heterocycles. The summed E-state index contributed by atoms with van der Waals surface area (Å²) in [6.45, 7) is 11.0. The van der Waals surface area contributed by atoms with Gasteiger partial charge < -0.3 is 5.32 Å². The second-order valence-electron chi connectivity index (χ2n) is 7.45. The van der Waals surface area contributed by atoms with E-state index in [0.29, 0.717) is 0 Å². The third kappa shape index (κ3) is 2.23. The lowest BCUT2D eigenvalue weighted by atomic mass is 9.73. The summed E-state index contributed by atoms with van der Waals surface area (Å²) in [7, 11) is 0. The number of rotatable bonds is 0. The first-order valence-corrected chi connectivity index (χ1v) is 7.42. The van der Waals surface area contributed by atoms with Crippen molar-refractivity contribution >= 4 is 11.4 Å². The molecule has 1 aliphatic rings. The molecule has 2 aromatic carbocycles. The van der Waals surface area contributed by atoms with Gasteiger partial charge in [0.2, 0.25) is 0 Å². The van der Waals surface area contributed by atoms with Crippen LogP contribution in [0.2, 0.25) is 0 Å². The van der Waals surface area contributed by atoms with Crippen molar-refractivity contribution in [1.82, 2.24) is 0 Å². The summed E-state index contributed by atoms with van der Waals surface area (Å²) in [6, 6.07) is 11.6. The Morgan fingerprint density at radius 3 is 2.29 bits per heavy atom. The van der Waals surface area contributed by atoms with Gasteiger partial charge in [0.05, 0.1) is 0 Å². The number of benzene rings is 2. The van der Waals surface area contributed by atoms with Crippen LogP contribution >= 0.6 is 0 Å². The number of fused-ring (bicyclic) bond motifs is 2. The van der Waals surface area contributed by atoms with Crippen molar-refractivity contribution < 1.29 is 4.39 Å². The molecule has 0 amide bonds. The first-order valence-electron chi connectivity index (χ1n) is 7.42. The van der Waals surface area contributed by atoms with E-state index in [4.69, 9.17) is 0 Å². The van der Waals surface area contributed by atoms with Gasteiger partial charge >= 0.3 is 0 Å². The zero-order chi connectivity index (χ0) is 15.4. The Hall–Kier alpha value is -1.83. The Morgan fingerprint density at radius 2 is 1.62 bits per heavy atom. The van der Waals surface area contributed by atoms with Crippen LogP contribution < -0.4 is 5.32 Å². The minimum Gasteiger partial charge on any atom is -0.355 e. The van der Waals surface area contributed by atoms with Crippen LogP contribution in [0.3, 0.4) is 0 Å². The molecule has 0 saturated heterocycles. The summed E-state index contributed by atoms with van der Waals surface area (Å²) in [6.07, 6.45) is 0. The molecule has 0 fully saturated rings. The highest BCUT2D eigenvalue weighted by Crippen LogP contribution is 2.46. The fourth-order valence-electron chi connectivity index (χ4n) is 3.09. The second-order valence-corrected chi connectivity index (χ2v) is 7.45. The molecule has 2 heteroatoms. The molecule has 0 bridgehead atoms. The second kappa shape index (κ2) is 4.33. The number of hydrogen-bond acceptors (Lipinski definition) is 1. The van der Waals surface area contributed by atoms with Gasteiger partial charge in [-0.05, 0) is 46.4 Å². The average molecular weight is 283 g/mol. The van der Waals surface area contributed by atoms with Gasteiger partial charge in [0.1, 0.15) is 5.82 Å². The van der Waals surface area contributed by atoms with Crippen LogP contribution in [0.15, 0.2) is 36.4 Å². The van der Waals surface area contributed by atoms with E-state index in [0.717, 1.165) is 16.9 Å². The lowest BCUT2D eigenvalue weighted by molar-refractivity contribution is 0.584. The zero-order valence-electron chi connectivity index (χ0n) is 13.3. The minimum atomic E-state index is -0.200. The van der Waals surface area contributed by atoms with E-state index < -0.39 is 0 Å². The first-order chi connectivity index (χ1) is 9.69. The lowest BCUT2D eigenvalue weighted by Gasteiger charge is -2.36. The van der Waals surface area contributed by atoms with Gasteiger partial charge in [-0.3, -0.25) is 0 Å². The van der Waals surface area contributed by atoms with E-state index >= 15 is 0 Å². The van der Waals surface area contributed by atoms with E-state index in [-0.39, 0.29) is 16.6 Å². The molecule has 3 rings (SSSR count). The average Bonchev–Trinajstić information content (AvgIpc) is 2.38. The standard InChI is InChI=1S/C19H22FN/c1-18(2,3)12-6-8-14-17(10-12)21-16-9-7-13(20)11-15(16)19(14,4)5/h6-11,21H,1-5H3. The van der Waals surface area contributed by atoms with Crippen LogP contribution in [0.5, 0.6) is 0 Å². The zero-order valence-corrected chi connectivity index (χ0v) is 13.3. The quantitative estimate of drug-likeness (QED) is 0.672. The predicted octanol–water partition coefficient (Wildman–Crippen LogP) is 5.51. The van der Waals surface area contributed by atoms with E-state index in [2.05, 4.69) is 58.1 Å². The molecule has 0 spiro atoms. The fourth-order valence-corrected chi connectivity index (χ4v) is 3.09. The van der Waals surface area contributed by atoms with Crippen LogP contribution in [-0.4, -0.2) is 0 Å². The van der Waals surface area contributed by atoms with E-state index in [1.54, 1.807) is 6.07 Å². The van der Waals surface area contributed by atoms with E-state index in [9.17, 15) is 4.39 Å². The maximum Gasteiger partial charge on any atom is 0.123 e. The third-order valence-electron chi connectivity index (χ3n) is 4.48. The van der Waals surface area contributed by atoms with Crippen LogP contribution in [0.25, 0.3) is 0 Å². The first kappa shape index (κ1) is 14.1. The molecule has 0 unspecified atom stereocenters. The highest BCUT2D eigenvalue weighted by molar-refractivity contribution is 5.76. The molecular weight excluding hydrogens is 261 g/mol. The summed E-state index contributed by atoms with van der Waals surface area (Å²) >= 11 is 0. The lowest BCUT2D eigenvalue weighted by Crippen LogP contribution is -2.26. The molecule has 21 heavy (non-hydrogen) atoms. The maximum atomic E-state index is 13.6. The van der Waals surface area contributed by atoms with Crippen molar-refractivity contribution in [2.24, 2.45) is 0 Å². The van der Waals surface area contributed by atoms with Crippen molar-refractivity contribution in [3.05, 3.63) is 58.9 Å². The molecule has 0 aliphatic carbocycles. The number of hydrogen-bond donors (Lipinski definition) is 1. The molecule has 0 atom stereocenters. The minimum absolute atomic E-state index is 0.115. The molecule has 1 nitrogen and oxygen atoms in total. The number of halogens is 1. The molecule has 1 N–H and O–H groups in total. The Balaban J connectivity index is 2.18. The van der Waals surface area contributed by atoms with Crippen molar-refractivity contribution in [2.75, 3.05) is 5.32 Å². The summed E-state index contributed by atoms with van der Waals surface area (Å²) in [4.78, 5) is 0. The van der Waals surface area contributed by atoms with Crippen LogP contribution in [-0.2, 0) is 10.8 Å². The Bertz CT molecular complexity index is 708. The van der Waals surface area contributed by atoms with Crippen molar-refractivity contribution in [3.63, 3.8) is 0 Å². The predicted molar refractivity (Wildman–Crippen MR) is 87.0 cm³/mol. The molecule has 0 radical (unpaired) electrons. The van der Waals surface area contributed by atoms with Crippen LogP contribution in [0.1, 0.15) is 51.3 Å². The van der Waals surface area contributed by atoms with Gasteiger partial charge in [-0.15, -0.1) is 0 Å². The van der Waals surface area contributed by atoms with Crippen molar-refractivity contribution in [2.45, 2.75) is 45.4 Å². The maximum absolute atomic E-state index is 13.6. The summed E-state index contributed by atoms with van der Waals surface area (Å²) in [5, 5.41) is 3.47. The number of anilines is 2. The van der Waals surface area contributed by atoms with Gasteiger partial charge in [-0.25, -0.2) is 4.39 Å². The smallest absolute Gasteiger partial charge is 0.123 e. The topological polar surface area (TPSA) is 12.0 Å². The van der Waals surface area contributed by atoms with Gasteiger partial charge in [-0.1, -0.05) is 46.8 Å². The van der Waals surface area contributed by atoms with E-state index in [1.165, 1.54) is 17.2 Å². The van der Waals surface area contributed by atoms with Crippen molar-refractivity contribution in [1.29, 1.82) is 0 Å². The van der Waals surface area contributed by atoms with Gasteiger partial charge in [0, 0.05) is 16.8 Å². The molecule has 1 aliphatic heterocycles. The summed E-state index contributed by atoms with van der Waals surface area (Å²) < 4.78 is 13.6. The number of nitrogens with one attached hydrogen (secondary N) is 1. The fraction of sp³-hybridized carbons (Fsp3) is 0.368. The highest BCUT2D eigenvalue weighted by Gasteiger charge is 2.33. The van der Waals surface area contributed by atoms with E-state index in [1.807, 2.05) is 6.07 Å². The Kier molecular flexibility index (Phi) is 2.91. The highest BCUT2D eigenvalue weighted by atomic mass is 19.1. The third-order valence-corrected chi connectivity index (χ3v) is 4.48. The molecule has 110 valence electrons. The Morgan fingerprint density at radius 1 is 0.905 bits per heavy atom. The van der Waals surface area contributed by atoms with Gasteiger partial charge in [-0.2, -0.15) is 0 Å². The van der Waals surface area contributed by atoms with Crippen molar-refractivity contribution in [3.8, 4) is 0 Å². The van der Waals surface area contributed by atoms with Gasteiger partial charge in [0.25, 0.3) is 0 Å². The normalized spacial score (nSPS) is 15.9. The van der Waals surface area contributed by atoms with Gasteiger partial charge in [0.15, 0.2) is 0 Å². The molecule has 1 heterocycles. The Labute approximate surface area is 126 Å². The summed E-state index contributed by atoms with van der Waals surface area (Å²) in [5.74, 6) is -0.182.